The van der Waals surface area contributed by atoms with E-state index in [-0.39, 0.29) is 11.6 Å². The molecule has 3 aromatic rings. The number of piperidine rings is 1. The van der Waals surface area contributed by atoms with Crippen molar-refractivity contribution in [3.63, 3.8) is 0 Å². The average Bonchev–Trinajstić information content (AvgIpc) is 2.85. The van der Waals surface area contributed by atoms with Gasteiger partial charge in [0.2, 0.25) is 0 Å². The fourth-order valence-electron chi connectivity index (χ4n) is 4.63. The standard InChI is InChI=1S/C24H27BFN5O3/c1-16-19(26)13-21-20(28-16)2-3-24(32)30(21)9-8-29-6-4-18(5-7-29)31(25)15-17-12-22-23(14-27-17)34-11-10-33-22/h2-3,12-14,18H,4-11,15H2,1H3. The van der Waals surface area contributed by atoms with Crippen LogP contribution in [0.15, 0.2) is 35.3 Å². The predicted octanol–water partition coefficient (Wildman–Crippen LogP) is 2.06. The van der Waals surface area contributed by atoms with Crippen LogP contribution in [0.3, 0.4) is 0 Å². The number of fused-ring (bicyclic) bond motifs is 2. The zero-order chi connectivity index (χ0) is 23.7. The van der Waals surface area contributed by atoms with Crippen LogP contribution in [0.1, 0.15) is 24.2 Å². The van der Waals surface area contributed by atoms with E-state index in [1.54, 1.807) is 23.8 Å². The Bertz CT molecular complexity index is 1250. The highest BCUT2D eigenvalue weighted by Gasteiger charge is 2.23. The molecule has 0 unspecified atom stereocenters. The molecule has 1 saturated heterocycles. The molecule has 0 saturated carbocycles. The van der Waals surface area contributed by atoms with E-state index < -0.39 is 5.82 Å². The van der Waals surface area contributed by atoms with Crippen molar-refractivity contribution >= 4 is 19.0 Å². The molecule has 2 radical (unpaired) electrons. The number of aryl methyl sites for hydroxylation is 1. The van der Waals surface area contributed by atoms with E-state index >= 15 is 0 Å². The van der Waals surface area contributed by atoms with Crippen LogP contribution in [-0.2, 0) is 13.1 Å². The zero-order valence-corrected chi connectivity index (χ0v) is 19.2. The number of hydrogen-bond acceptors (Lipinski definition) is 7. The summed E-state index contributed by atoms with van der Waals surface area (Å²) in [7, 11) is 6.39. The third kappa shape index (κ3) is 4.78. The summed E-state index contributed by atoms with van der Waals surface area (Å²) >= 11 is 0. The first-order valence-electron chi connectivity index (χ1n) is 11.6. The van der Waals surface area contributed by atoms with Gasteiger partial charge in [0.15, 0.2) is 19.5 Å². The highest BCUT2D eigenvalue weighted by Crippen LogP contribution is 2.30. The normalized spacial score (nSPS) is 16.9. The SMILES string of the molecule is [B]N(Cc1cc2c(cn1)OCCO2)C1CCN(CCn2c(=O)ccc3nc(C)c(F)cc32)CC1. The van der Waals surface area contributed by atoms with Gasteiger partial charge in [0.25, 0.3) is 5.56 Å². The van der Waals surface area contributed by atoms with Gasteiger partial charge >= 0.3 is 0 Å². The maximum atomic E-state index is 14.1. The molecule has 5 rings (SSSR count). The van der Waals surface area contributed by atoms with Crippen LogP contribution in [0.2, 0.25) is 0 Å². The maximum Gasteiger partial charge on any atom is 0.251 e. The van der Waals surface area contributed by atoms with Gasteiger partial charge in [-0.3, -0.25) is 9.78 Å². The van der Waals surface area contributed by atoms with Crippen LogP contribution < -0.4 is 15.0 Å². The van der Waals surface area contributed by atoms with Crippen molar-refractivity contribution < 1.29 is 13.9 Å². The van der Waals surface area contributed by atoms with E-state index in [0.717, 1.165) is 31.6 Å². The van der Waals surface area contributed by atoms with Gasteiger partial charge < -0.3 is 23.8 Å². The lowest BCUT2D eigenvalue weighted by atomic mass is 9.99. The first-order chi connectivity index (χ1) is 16.5. The Hall–Kier alpha value is -2.98. The smallest absolute Gasteiger partial charge is 0.251 e. The number of aromatic nitrogens is 3. The van der Waals surface area contributed by atoms with E-state index in [9.17, 15) is 9.18 Å². The first-order valence-corrected chi connectivity index (χ1v) is 11.6. The van der Waals surface area contributed by atoms with Crippen LogP contribution in [0, 0.1) is 12.7 Å². The van der Waals surface area contributed by atoms with Crippen molar-refractivity contribution in [3.05, 3.63) is 58.0 Å². The minimum Gasteiger partial charge on any atom is -0.486 e. The number of nitrogens with zero attached hydrogens (tertiary/aromatic N) is 5. The summed E-state index contributed by atoms with van der Waals surface area (Å²) in [4.78, 5) is 25.3. The van der Waals surface area contributed by atoms with Crippen molar-refractivity contribution in [2.24, 2.45) is 0 Å². The van der Waals surface area contributed by atoms with Gasteiger partial charge in [0, 0.05) is 43.9 Å². The lowest BCUT2D eigenvalue weighted by Gasteiger charge is -2.37. The van der Waals surface area contributed by atoms with E-state index in [1.165, 1.54) is 12.1 Å². The first kappa shape index (κ1) is 22.8. The second kappa shape index (κ2) is 9.72. The fourth-order valence-corrected chi connectivity index (χ4v) is 4.63. The number of pyridine rings is 3. The third-order valence-electron chi connectivity index (χ3n) is 6.60. The van der Waals surface area contributed by atoms with Gasteiger partial charge in [-0.15, -0.1) is 0 Å². The highest BCUT2D eigenvalue weighted by atomic mass is 19.1. The molecule has 0 spiro atoms. The molecule has 10 heteroatoms. The van der Waals surface area contributed by atoms with Gasteiger partial charge in [0.05, 0.1) is 28.6 Å². The van der Waals surface area contributed by atoms with Crippen molar-refractivity contribution in [2.45, 2.75) is 38.9 Å². The van der Waals surface area contributed by atoms with Gasteiger partial charge in [-0.05, 0) is 38.9 Å². The van der Waals surface area contributed by atoms with Gasteiger partial charge in [-0.25, -0.2) is 9.37 Å². The van der Waals surface area contributed by atoms with E-state index in [1.807, 2.05) is 10.9 Å². The second-order valence-corrected chi connectivity index (χ2v) is 8.85. The predicted molar refractivity (Wildman–Crippen MR) is 127 cm³/mol. The summed E-state index contributed by atoms with van der Waals surface area (Å²) in [5.74, 6) is 0.988. The minimum atomic E-state index is -0.400. The molecule has 2 aliphatic heterocycles. The molecule has 176 valence electrons. The Balaban J connectivity index is 1.17. The van der Waals surface area contributed by atoms with Crippen LogP contribution >= 0.6 is 0 Å². The lowest BCUT2D eigenvalue weighted by Crippen LogP contribution is -2.44. The number of hydrogen-bond donors (Lipinski definition) is 0. The van der Waals surface area contributed by atoms with Crippen LogP contribution in [0.5, 0.6) is 11.5 Å². The average molecular weight is 463 g/mol. The fraction of sp³-hybridized carbons (Fsp3) is 0.458. The quantitative estimate of drug-likeness (QED) is 0.519. The van der Waals surface area contributed by atoms with Crippen molar-refractivity contribution in [1.82, 2.24) is 24.2 Å². The summed E-state index contributed by atoms with van der Waals surface area (Å²) in [6.07, 6.45) is 3.53. The van der Waals surface area contributed by atoms with E-state index in [0.29, 0.717) is 61.1 Å². The number of halogens is 1. The highest BCUT2D eigenvalue weighted by molar-refractivity contribution is 6.04. The minimum absolute atomic E-state index is 0.146. The largest absolute Gasteiger partial charge is 0.486 e. The van der Waals surface area contributed by atoms with E-state index in [4.69, 9.17) is 17.5 Å². The third-order valence-corrected chi connectivity index (χ3v) is 6.60. The van der Waals surface area contributed by atoms with Crippen molar-refractivity contribution in [3.8, 4) is 11.5 Å². The number of likely N-dealkylation sites (tertiary alicyclic amines) is 1. The second-order valence-electron chi connectivity index (χ2n) is 8.85. The van der Waals surface area contributed by atoms with Gasteiger partial charge in [0.1, 0.15) is 19.0 Å². The molecule has 8 nitrogen and oxygen atoms in total. The monoisotopic (exact) mass is 463 g/mol. The molecule has 0 bridgehead atoms. The van der Waals surface area contributed by atoms with Crippen LogP contribution in [0.4, 0.5) is 4.39 Å². The molecule has 2 aliphatic rings. The Labute approximate surface area is 198 Å². The van der Waals surface area contributed by atoms with Gasteiger partial charge in [-0.2, -0.15) is 0 Å². The molecule has 34 heavy (non-hydrogen) atoms. The summed E-state index contributed by atoms with van der Waals surface area (Å²) in [5.41, 5.74) is 2.19. The van der Waals surface area contributed by atoms with Crippen molar-refractivity contribution in [2.75, 3.05) is 32.8 Å². The summed E-state index contributed by atoms with van der Waals surface area (Å²) < 4.78 is 26.9. The molecule has 0 atom stereocenters. The summed E-state index contributed by atoms with van der Waals surface area (Å²) in [6.45, 7) is 6.17. The zero-order valence-electron chi connectivity index (χ0n) is 19.2. The molecular weight excluding hydrogens is 436 g/mol. The summed E-state index contributed by atoms with van der Waals surface area (Å²) in [5, 5.41) is 0. The Morgan fingerprint density at radius 3 is 2.71 bits per heavy atom. The molecule has 0 N–H and O–H groups in total. The Morgan fingerprint density at radius 1 is 1.15 bits per heavy atom. The lowest BCUT2D eigenvalue weighted by molar-refractivity contribution is 0.153. The summed E-state index contributed by atoms with van der Waals surface area (Å²) in [6, 6.07) is 6.69. The number of rotatable bonds is 6. The topological polar surface area (TPSA) is 72.7 Å². The number of ether oxygens (including phenoxy) is 2. The maximum absolute atomic E-state index is 14.1. The molecule has 3 aromatic heterocycles. The Kier molecular flexibility index (Phi) is 6.51. The van der Waals surface area contributed by atoms with Crippen LogP contribution in [-0.4, -0.2) is 71.1 Å². The molecule has 5 heterocycles. The Morgan fingerprint density at radius 2 is 1.91 bits per heavy atom. The molecule has 0 aromatic carbocycles. The van der Waals surface area contributed by atoms with Crippen LogP contribution in [0.25, 0.3) is 11.0 Å². The molecule has 1 fully saturated rings. The van der Waals surface area contributed by atoms with Gasteiger partial charge in [-0.1, -0.05) is 0 Å². The molecular formula is C24H27BFN5O3. The van der Waals surface area contributed by atoms with Crippen molar-refractivity contribution in [1.29, 1.82) is 0 Å². The van der Waals surface area contributed by atoms with E-state index in [2.05, 4.69) is 14.9 Å². The molecule has 0 aliphatic carbocycles. The molecule has 0 amide bonds.